The van der Waals surface area contributed by atoms with Crippen molar-refractivity contribution in [3.05, 3.63) is 24.4 Å². The standard InChI is InChI=1S/C12H13N3O/c1-7-4-10(7)12(16)14-9-2-3-11-8(5-9)6-13-15-11/h2-3,5-7,10H,4H2,1H3,(H,13,15)(H,14,16). The lowest BCUT2D eigenvalue weighted by Gasteiger charge is -2.03. The SMILES string of the molecule is CC1CC1C(=O)Nc1ccc2[nH]ncc2c1. The monoisotopic (exact) mass is 215 g/mol. The number of hydrogen-bond acceptors (Lipinski definition) is 2. The van der Waals surface area contributed by atoms with Crippen molar-refractivity contribution in [2.75, 3.05) is 5.32 Å². The maximum atomic E-state index is 11.7. The maximum absolute atomic E-state index is 11.7. The Morgan fingerprint density at radius 2 is 2.38 bits per heavy atom. The van der Waals surface area contributed by atoms with Crippen molar-refractivity contribution in [2.45, 2.75) is 13.3 Å². The number of H-pyrrole nitrogens is 1. The first-order valence-corrected chi connectivity index (χ1v) is 5.48. The second-order valence-corrected chi connectivity index (χ2v) is 4.48. The lowest BCUT2D eigenvalue weighted by molar-refractivity contribution is -0.117. The van der Waals surface area contributed by atoms with Crippen molar-refractivity contribution in [3.8, 4) is 0 Å². The molecule has 0 radical (unpaired) electrons. The van der Waals surface area contributed by atoms with E-state index in [2.05, 4.69) is 22.4 Å². The summed E-state index contributed by atoms with van der Waals surface area (Å²) in [7, 11) is 0. The van der Waals surface area contributed by atoms with Crippen molar-refractivity contribution in [3.63, 3.8) is 0 Å². The van der Waals surface area contributed by atoms with E-state index in [9.17, 15) is 4.79 Å². The summed E-state index contributed by atoms with van der Waals surface area (Å²) < 4.78 is 0. The molecule has 1 aliphatic rings. The third-order valence-electron chi connectivity index (χ3n) is 3.15. The van der Waals surface area contributed by atoms with Gasteiger partial charge in [-0.15, -0.1) is 0 Å². The highest BCUT2D eigenvalue weighted by atomic mass is 16.2. The van der Waals surface area contributed by atoms with Crippen LogP contribution in [-0.2, 0) is 4.79 Å². The zero-order chi connectivity index (χ0) is 11.1. The van der Waals surface area contributed by atoms with Crippen molar-refractivity contribution in [1.29, 1.82) is 0 Å². The Bertz CT molecular complexity index is 546. The molecule has 0 saturated heterocycles. The van der Waals surface area contributed by atoms with Crippen molar-refractivity contribution >= 4 is 22.5 Å². The van der Waals surface area contributed by atoms with Crippen LogP contribution >= 0.6 is 0 Å². The molecule has 1 aliphatic carbocycles. The molecule has 1 aromatic carbocycles. The molecular formula is C12H13N3O. The van der Waals surface area contributed by atoms with E-state index in [1.54, 1.807) is 6.20 Å². The molecular weight excluding hydrogens is 202 g/mol. The number of carbonyl (C=O) groups excluding carboxylic acids is 1. The number of hydrogen-bond donors (Lipinski definition) is 2. The fourth-order valence-corrected chi connectivity index (χ4v) is 1.94. The van der Waals surface area contributed by atoms with Crippen LogP contribution < -0.4 is 5.32 Å². The van der Waals surface area contributed by atoms with Gasteiger partial charge in [0.15, 0.2) is 0 Å². The number of rotatable bonds is 2. The Morgan fingerprint density at radius 3 is 3.12 bits per heavy atom. The Hall–Kier alpha value is -1.84. The lowest BCUT2D eigenvalue weighted by atomic mass is 10.2. The number of fused-ring (bicyclic) bond motifs is 1. The summed E-state index contributed by atoms with van der Waals surface area (Å²) in [4.78, 5) is 11.7. The number of nitrogens with one attached hydrogen (secondary N) is 2. The molecule has 4 heteroatoms. The average molecular weight is 215 g/mol. The van der Waals surface area contributed by atoms with E-state index in [1.165, 1.54) is 0 Å². The van der Waals surface area contributed by atoms with Crippen LogP contribution in [0.2, 0.25) is 0 Å². The molecule has 2 N–H and O–H groups in total. The van der Waals surface area contributed by atoms with Crippen LogP contribution in [0, 0.1) is 11.8 Å². The predicted octanol–water partition coefficient (Wildman–Crippen LogP) is 2.16. The summed E-state index contributed by atoms with van der Waals surface area (Å²) in [5.41, 5.74) is 1.83. The molecule has 1 aromatic heterocycles. The maximum Gasteiger partial charge on any atom is 0.227 e. The van der Waals surface area contributed by atoms with E-state index in [1.807, 2.05) is 18.2 Å². The zero-order valence-corrected chi connectivity index (χ0v) is 9.03. The Balaban J connectivity index is 1.80. The van der Waals surface area contributed by atoms with E-state index in [-0.39, 0.29) is 11.8 Å². The first-order chi connectivity index (χ1) is 7.74. The van der Waals surface area contributed by atoms with Crippen LogP contribution in [-0.4, -0.2) is 16.1 Å². The molecule has 4 nitrogen and oxygen atoms in total. The largest absolute Gasteiger partial charge is 0.326 e. The van der Waals surface area contributed by atoms with Gasteiger partial charge in [0.25, 0.3) is 0 Å². The molecule has 2 atom stereocenters. The number of anilines is 1. The molecule has 1 amide bonds. The van der Waals surface area contributed by atoms with Crippen LogP contribution in [0.25, 0.3) is 10.9 Å². The summed E-state index contributed by atoms with van der Waals surface area (Å²) in [6.07, 6.45) is 2.77. The fourth-order valence-electron chi connectivity index (χ4n) is 1.94. The van der Waals surface area contributed by atoms with Gasteiger partial charge in [0, 0.05) is 17.0 Å². The second-order valence-electron chi connectivity index (χ2n) is 4.48. The van der Waals surface area contributed by atoms with Gasteiger partial charge in [0.1, 0.15) is 0 Å². The van der Waals surface area contributed by atoms with Crippen LogP contribution in [0.5, 0.6) is 0 Å². The van der Waals surface area contributed by atoms with Crippen molar-refractivity contribution in [2.24, 2.45) is 11.8 Å². The van der Waals surface area contributed by atoms with Crippen LogP contribution in [0.3, 0.4) is 0 Å². The molecule has 0 bridgehead atoms. The molecule has 1 saturated carbocycles. The second kappa shape index (κ2) is 3.33. The third-order valence-corrected chi connectivity index (χ3v) is 3.15. The number of nitrogens with zero attached hydrogens (tertiary/aromatic N) is 1. The number of amides is 1. The van der Waals surface area contributed by atoms with E-state index in [4.69, 9.17) is 0 Å². The quantitative estimate of drug-likeness (QED) is 0.806. The van der Waals surface area contributed by atoms with E-state index < -0.39 is 0 Å². The van der Waals surface area contributed by atoms with Gasteiger partial charge in [-0.1, -0.05) is 6.92 Å². The van der Waals surface area contributed by atoms with Crippen molar-refractivity contribution in [1.82, 2.24) is 10.2 Å². The van der Waals surface area contributed by atoms with Gasteiger partial charge in [-0.3, -0.25) is 9.89 Å². The summed E-state index contributed by atoms with van der Waals surface area (Å²) >= 11 is 0. The highest BCUT2D eigenvalue weighted by Crippen LogP contribution is 2.38. The number of benzene rings is 1. The minimum Gasteiger partial charge on any atom is -0.326 e. The van der Waals surface area contributed by atoms with Gasteiger partial charge in [-0.25, -0.2) is 0 Å². The number of aromatic amines is 1. The Morgan fingerprint density at radius 1 is 1.56 bits per heavy atom. The summed E-state index contributed by atoms with van der Waals surface area (Å²) in [5.74, 6) is 0.882. The van der Waals surface area contributed by atoms with Gasteiger partial charge < -0.3 is 5.32 Å². The molecule has 0 spiro atoms. The topological polar surface area (TPSA) is 57.8 Å². The smallest absolute Gasteiger partial charge is 0.227 e. The van der Waals surface area contributed by atoms with E-state index in [0.717, 1.165) is 23.0 Å². The highest BCUT2D eigenvalue weighted by Gasteiger charge is 2.38. The lowest BCUT2D eigenvalue weighted by Crippen LogP contribution is -2.14. The molecule has 2 aromatic rings. The molecule has 82 valence electrons. The first kappa shape index (κ1) is 9.39. The highest BCUT2D eigenvalue weighted by molar-refractivity contribution is 5.96. The zero-order valence-electron chi connectivity index (χ0n) is 9.03. The normalized spacial score (nSPS) is 23.3. The van der Waals surface area contributed by atoms with Crippen LogP contribution in [0.1, 0.15) is 13.3 Å². The van der Waals surface area contributed by atoms with Gasteiger partial charge in [-0.05, 0) is 30.5 Å². The van der Waals surface area contributed by atoms with Crippen molar-refractivity contribution < 1.29 is 4.79 Å². The van der Waals surface area contributed by atoms with Gasteiger partial charge in [0.2, 0.25) is 5.91 Å². The fraction of sp³-hybridized carbons (Fsp3) is 0.333. The molecule has 1 fully saturated rings. The molecule has 0 aliphatic heterocycles. The molecule has 1 heterocycles. The summed E-state index contributed by atoms with van der Waals surface area (Å²) in [6.45, 7) is 2.10. The summed E-state index contributed by atoms with van der Waals surface area (Å²) in [6, 6.07) is 5.75. The molecule has 3 rings (SSSR count). The molecule has 16 heavy (non-hydrogen) atoms. The first-order valence-electron chi connectivity index (χ1n) is 5.48. The van der Waals surface area contributed by atoms with Crippen LogP contribution in [0.15, 0.2) is 24.4 Å². The minimum atomic E-state index is 0.135. The van der Waals surface area contributed by atoms with Gasteiger partial charge in [-0.2, -0.15) is 5.10 Å². The van der Waals surface area contributed by atoms with E-state index >= 15 is 0 Å². The summed E-state index contributed by atoms with van der Waals surface area (Å²) in [5, 5.41) is 10.8. The predicted molar refractivity (Wildman–Crippen MR) is 62.0 cm³/mol. The molecule has 2 unspecified atom stereocenters. The Kier molecular flexibility index (Phi) is 1.96. The number of carbonyl (C=O) groups is 1. The average Bonchev–Trinajstić information content (AvgIpc) is 2.83. The number of aromatic nitrogens is 2. The minimum absolute atomic E-state index is 0.135. The van der Waals surface area contributed by atoms with Crippen LogP contribution in [0.4, 0.5) is 5.69 Å². The third kappa shape index (κ3) is 1.56. The van der Waals surface area contributed by atoms with E-state index in [0.29, 0.717) is 5.92 Å². The Labute approximate surface area is 93.0 Å². The van der Waals surface area contributed by atoms with Gasteiger partial charge >= 0.3 is 0 Å². The van der Waals surface area contributed by atoms with Gasteiger partial charge in [0.05, 0.1) is 11.7 Å².